The third-order valence-corrected chi connectivity index (χ3v) is 13.6. The molecule has 8 atom stereocenters. The van der Waals surface area contributed by atoms with Gasteiger partial charge in [-0.2, -0.15) is 12.6 Å². The van der Waals surface area contributed by atoms with Crippen molar-refractivity contribution < 1.29 is 48.3 Å². The second-order valence-electron chi connectivity index (χ2n) is 20.2. The molecule has 0 saturated carbocycles. The number of hydrogen-bond acceptors (Lipinski definition) is 13. The number of carbonyl (C=O) groups is 9. The molecule has 80 heavy (non-hydrogen) atoms. The topological polar surface area (TPSA) is 367 Å². The van der Waals surface area contributed by atoms with E-state index in [4.69, 9.17) is 11.5 Å². The van der Waals surface area contributed by atoms with Gasteiger partial charge in [0, 0.05) is 54.0 Å². The number of para-hydroxylation sites is 1. The van der Waals surface area contributed by atoms with Crippen molar-refractivity contribution in [2.45, 2.75) is 121 Å². The molecule has 5 aromatic rings. The van der Waals surface area contributed by atoms with Crippen LogP contribution in [-0.2, 0) is 68.8 Å². The number of unbranched alkanes of at least 4 members (excludes halogenated alkanes) is 1. The molecule has 0 bridgehead atoms. The number of aromatic nitrogens is 3. The molecule has 0 saturated heterocycles. The van der Waals surface area contributed by atoms with E-state index in [0.29, 0.717) is 36.2 Å². The number of aliphatic carboxylic acids is 1. The highest BCUT2D eigenvalue weighted by atomic mass is 32.1. The van der Waals surface area contributed by atoms with Crippen LogP contribution >= 0.6 is 12.6 Å². The van der Waals surface area contributed by atoms with E-state index in [1.807, 2.05) is 24.3 Å². The Morgan fingerprint density at radius 2 is 1.09 bits per heavy atom. The molecular weight excluding hydrogens is 1050 g/mol. The summed E-state index contributed by atoms with van der Waals surface area (Å²) in [6, 6.07) is 15.3. The quantitative estimate of drug-likeness (QED) is 0.0206. The highest BCUT2D eigenvalue weighted by molar-refractivity contribution is 7.80. The first-order valence-electron chi connectivity index (χ1n) is 26.6. The van der Waals surface area contributed by atoms with Crippen LogP contribution in [0.4, 0.5) is 0 Å². The first-order chi connectivity index (χ1) is 38.3. The van der Waals surface area contributed by atoms with Gasteiger partial charge in [-0.15, -0.1) is 0 Å². The smallest absolute Gasteiger partial charge is 0.326 e. The maximum Gasteiger partial charge on any atom is 0.326 e. The summed E-state index contributed by atoms with van der Waals surface area (Å²) in [6.45, 7) is 6.50. The lowest BCUT2D eigenvalue weighted by Gasteiger charge is -2.28. The molecule has 2 heterocycles. The third-order valence-electron chi connectivity index (χ3n) is 13.2. The van der Waals surface area contributed by atoms with Gasteiger partial charge in [0.2, 0.25) is 47.3 Å². The number of nitrogens with one attached hydrogen (secondary N) is 10. The van der Waals surface area contributed by atoms with Crippen LogP contribution < -0.4 is 54.0 Å². The molecule has 15 N–H and O–H groups in total. The normalized spacial score (nSPS) is 14.3. The van der Waals surface area contributed by atoms with Crippen molar-refractivity contribution in [2.24, 2.45) is 23.3 Å². The molecule has 8 amide bonds. The molecule has 0 spiro atoms. The Morgan fingerprint density at radius 3 is 1.64 bits per heavy atom. The lowest BCUT2D eigenvalue weighted by Crippen LogP contribution is -2.60. The van der Waals surface area contributed by atoms with Crippen LogP contribution in [0.25, 0.3) is 10.9 Å². The van der Waals surface area contributed by atoms with Gasteiger partial charge in [-0.25, -0.2) is 9.78 Å². The standard InChI is InChI=1S/C56H75N13O10S/c1-32(2)47(68-46(70)29-61-50(72)42(23-34-15-7-5-8-16-34)65-55(77)48(33(3)4)69-49(71)39(58)25-36-27-60-40-20-12-11-19-38(36)40)54(76)66-44(26-37-28-59-31-62-37)52(74)64-43(24-35-17-9-6-10-18-35)51(73)67-45(30-80)53(75)63-41(56(78)79)21-13-14-22-57/h5-12,15-20,27-28,31-33,39,41-45,47-48,60,80H,13-14,21-26,29-30,57-58H2,1-4H3,(H,59,62)(H,61,72)(H,63,75)(H,64,74)(H,65,77)(H,66,76)(H,67,73)(H,68,70)(H,69,71)(H,78,79)/t39-,41-,42-,43-,44-,45-,47-,48-/m0/s1. The van der Waals surface area contributed by atoms with Crippen molar-refractivity contribution in [1.29, 1.82) is 0 Å². The molecule has 430 valence electrons. The van der Waals surface area contributed by atoms with Crippen LogP contribution in [0.1, 0.15) is 69.3 Å². The van der Waals surface area contributed by atoms with Gasteiger partial charge >= 0.3 is 5.97 Å². The summed E-state index contributed by atoms with van der Waals surface area (Å²) in [5.41, 5.74) is 15.4. The molecule has 0 fully saturated rings. The minimum Gasteiger partial charge on any atom is -0.480 e. The summed E-state index contributed by atoms with van der Waals surface area (Å²) in [5, 5.41) is 31.8. The predicted octanol–water partition coefficient (Wildman–Crippen LogP) is 0.454. The first-order valence-corrected chi connectivity index (χ1v) is 27.2. The van der Waals surface area contributed by atoms with Crippen LogP contribution in [0.5, 0.6) is 0 Å². The molecule has 0 radical (unpaired) electrons. The highest BCUT2D eigenvalue weighted by Gasteiger charge is 2.35. The Morgan fingerprint density at radius 1 is 0.575 bits per heavy atom. The SMILES string of the molecule is CC(C)[C@H](NC(=O)CNC(=O)[C@H](Cc1ccccc1)NC(=O)[C@@H](NC(=O)[C@@H](N)Cc1c[nH]c2ccccc12)C(C)C)C(=O)N[C@@H](Cc1cnc[nH]1)C(=O)N[C@@H](Cc1ccccc1)C(=O)N[C@@H](CS)C(=O)N[C@@H](CCCCN)C(=O)O. The summed E-state index contributed by atoms with van der Waals surface area (Å²) in [6.07, 6.45) is 5.67. The second-order valence-corrected chi connectivity index (χ2v) is 20.5. The highest BCUT2D eigenvalue weighted by Crippen LogP contribution is 2.19. The molecule has 0 aliphatic heterocycles. The van der Waals surface area contributed by atoms with Gasteiger partial charge in [-0.3, -0.25) is 38.4 Å². The minimum atomic E-state index is -1.38. The molecule has 23 nitrogen and oxygen atoms in total. The zero-order chi connectivity index (χ0) is 58.3. The van der Waals surface area contributed by atoms with E-state index < -0.39 is 120 Å². The van der Waals surface area contributed by atoms with Crippen LogP contribution in [0, 0.1) is 11.8 Å². The fourth-order valence-corrected chi connectivity index (χ4v) is 8.96. The van der Waals surface area contributed by atoms with E-state index in [9.17, 15) is 48.3 Å². The Hall–Kier alpha value is -8.09. The second kappa shape index (κ2) is 31.5. The van der Waals surface area contributed by atoms with Gasteiger partial charge in [-0.1, -0.05) is 107 Å². The Kier molecular flexibility index (Phi) is 24.7. The molecule has 0 unspecified atom stereocenters. The number of H-pyrrole nitrogens is 2. The number of carbonyl (C=O) groups excluding carboxylic acids is 8. The molecule has 24 heteroatoms. The van der Waals surface area contributed by atoms with E-state index in [2.05, 4.69) is 70.1 Å². The van der Waals surface area contributed by atoms with Crippen molar-refractivity contribution in [1.82, 2.24) is 57.5 Å². The van der Waals surface area contributed by atoms with Gasteiger partial charge in [-0.05, 0) is 66.8 Å². The van der Waals surface area contributed by atoms with Crippen molar-refractivity contribution >= 4 is 76.8 Å². The Bertz CT molecular complexity index is 2850. The van der Waals surface area contributed by atoms with Crippen molar-refractivity contribution in [3.05, 3.63) is 126 Å². The summed E-state index contributed by atoms with van der Waals surface area (Å²) < 4.78 is 0. The number of thiol groups is 1. The third kappa shape index (κ3) is 19.4. The number of rotatable bonds is 32. The van der Waals surface area contributed by atoms with Gasteiger partial charge in [0.05, 0.1) is 18.9 Å². The molecule has 3 aromatic carbocycles. The molecule has 0 aliphatic rings. The fraction of sp³-hybridized carbons (Fsp3) is 0.429. The minimum absolute atomic E-state index is 0.0117. The number of fused-ring (bicyclic) bond motifs is 1. The maximum atomic E-state index is 14.4. The summed E-state index contributed by atoms with van der Waals surface area (Å²) in [4.78, 5) is 133. The van der Waals surface area contributed by atoms with Gasteiger partial charge in [0.15, 0.2) is 0 Å². The van der Waals surface area contributed by atoms with E-state index in [0.717, 1.165) is 16.5 Å². The number of nitrogens with two attached hydrogens (primary N) is 2. The van der Waals surface area contributed by atoms with E-state index in [-0.39, 0.29) is 37.9 Å². The predicted molar refractivity (Wildman–Crippen MR) is 303 cm³/mol. The Balaban J connectivity index is 1.26. The summed E-state index contributed by atoms with van der Waals surface area (Å²) in [7, 11) is 0. The zero-order valence-corrected chi connectivity index (χ0v) is 46.2. The van der Waals surface area contributed by atoms with Crippen molar-refractivity contribution in [2.75, 3.05) is 18.8 Å². The average Bonchev–Trinajstić information content (AvgIpc) is 4.14. The average molecular weight is 1120 g/mol. The van der Waals surface area contributed by atoms with Gasteiger partial charge < -0.3 is 69.1 Å². The van der Waals surface area contributed by atoms with Crippen molar-refractivity contribution in [3.63, 3.8) is 0 Å². The maximum absolute atomic E-state index is 14.4. The number of aromatic amines is 2. The van der Waals surface area contributed by atoms with E-state index >= 15 is 0 Å². The summed E-state index contributed by atoms with van der Waals surface area (Å²) in [5.74, 6) is -8.45. The lowest BCUT2D eigenvalue weighted by molar-refractivity contribution is -0.142. The van der Waals surface area contributed by atoms with Crippen molar-refractivity contribution in [3.8, 4) is 0 Å². The largest absolute Gasteiger partial charge is 0.480 e. The summed E-state index contributed by atoms with van der Waals surface area (Å²) >= 11 is 4.25. The monoisotopic (exact) mass is 1120 g/mol. The molecule has 2 aromatic heterocycles. The lowest BCUT2D eigenvalue weighted by atomic mass is 9.99. The number of benzene rings is 3. The van der Waals surface area contributed by atoms with Gasteiger partial charge in [0.1, 0.15) is 42.3 Å². The van der Waals surface area contributed by atoms with Gasteiger partial charge in [0.25, 0.3) is 0 Å². The van der Waals surface area contributed by atoms with Crippen LogP contribution in [0.3, 0.4) is 0 Å². The first kappa shape index (κ1) is 62.7. The number of carboxylic acids is 1. The fourth-order valence-electron chi connectivity index (χ4n) is 8.70. The molecular formula is C56H75N13O10S. The van der Waals surface area contributed by atoms with Crippen LogP contribution in [-0.4, -0.2) is 140 Å². The Labute approximate surface area is 469 Å². The number of carboxylic acid groups (broad SMARTS) is 1. The molecule has 5 rings (SSSR count). The zero-order valence-electron chi connectivity index (χ0n) is 45.3. The van der Waals surface area contributed by atoms with E-state index in [1.54, 1.807) is 94.6 Å². The molecule has 0 aliphatic carbocycles. The number of imidazole rings is 1. The number of amides is 8. The van der Waals surface area contributed by atoms with Crippen LogP contribution in [0.15, 0.2) is 104 Å². The van der Waals surface area contributed by atoms with E-state index in [1.165, 1.54) is 12.5 Å². The number of hydrogen-bond donors (Lipinski definition) is 14. The number of nitrogens with zero attached hydrogens (tertiary/aromatic N) is 1. The van der Waals surface area contributed by atoms with Crippen LogP contribution in [0.2, 0.25) is 0 Å².